The van der Waals surface area contributed by atoms with Crippen molar-refractivity contribution >= 4 is 12.1 Å². The molecule has 0 spiro atoms. The number of amides is 1. The maximum atomic E-state index is 12.0. The molecule has 6 heteroatoms. The van der Waals surface area contributed by atoms with Gasteiger partial charge in [0.1, 0.15) is 24.7 Å². The number of nitrogens with zero attached hydrogens (tertiary/aromatic N) is 2. The normalized spacial score (nSPS) is 11.8. The fourth-order valence-corrected chi connectivity index (χ4v) is 2.89. The highest BCUT2D eigenvalue weighted by Crippen LogP contribution is 2.21. The van der Waals surface area contributed by atoms with Crippen LogP contribution >= 0.6 is 0 Å². The summed E-state index contributed by atoms with van der Waals surface area (Å²) in [5.74, 6) is 1.74. The SMILES string of the molecule is CC[C@@H](C)c1ccc(OCCOc2ccccc2/C=N\NC(=O)c2ccncc2)cc1. The van der Waals surface area contributed by atoms with Gasteiger partial charge in [0.15, 0.2) is 0 Å². The lowest BCUT2D eigenvalue weighted by Crippen LogP contribution is -2.17. The number of nitrogens with one attached hydrogen (secondary N) is 1. The van der Waals surface area contributed by atoms with E-state index in [1.54, 1.807) is 30.7 Å². The second-order valence-corrected chi connectivity index (χ2v) is 7.05. The van der Waals surface area contributed by atoms with Crippen LogP contribution in [0.25, 0.3) is 0 Å². The standard InChI is InChI=1S/C25H27N3O3/c1-3-19(2)20-8-10-23(11-9-20)30-16-17-31-24-7-5-4-6-22(24)18-27-28-25(29)21-12-14-26-15-13-21/h4-15,18-19H,3,16-17H2,1-2H3,(H,28,29)/b27-18-/t19-/m1/s1. The molecule has 1 aromatic heterocycles. The van der Waals surface area contributed by atoms with Crippen molar-refractivity contribution in [2.75, 3.05) is 13.2 Å². The first kappa shape index (κ1) is 22.0. The van der Waals surface area contributed by atoms with Crippen molar-refractivity contribution in [2.45, 2.75) is 26.2 Å². The fraction of sp³-hybridized carbons (Fsp3) is 0.240. The molecule has 0 saturated carbocycles. The van der Waals surface area contributed by atoms with E-state index in [-0.39, 0.29) is 5.91 Å². The Bertz CT molecular complexity index is 988. The number of ether oxygens (including phenoxy) is 2. The van der Waals surface area contributed by atoms with Gasteiger partial charge in [0.05, 0.1) is 6.21 Å². The van der Waals surface area contributed by atoms with Crippen molar-refractivity contribution in [3.8, 4) is 11.5 Å². The van der Waals surface area contributed by atoms with Crippen LogP contribution in [0.15, 0.2) is 78.2 Å². The maximum absolute atomic E-state index is 12.0. The fourth-order valence-electron chi connectivity index (χ4n) is 2.89. The van der Waals surface area contributed by atoms with Gasteiger partial charge in [-0.15, -0.1) is 0 Å². The quantitative estimate of drug-likeness (QED) is 0.292. The Morgan fingerprint density at radius 2 is 1.74 bits per heavy atom. The van der Waals surface area contributed by atoms with Crippen LogP contribution in [-0.4, -0.2) is 30.3 Å². The van der Waals surface area contributed by atoms with Gasteiger partial charge in [-0.1, -0.05) is 38.1 Å². The second-order valence-electron chi connectivity index (χ2n) is 7.05. The summed E-state index contributed by atoms with van der Waals surface area (Å²) in [7, 11) is 0. The number of hydrogen-bond donors (Lipinski definition) is 1. The van der Waals surface area contributed by atoms with E-state index in [4.69, 9.17) is 9.47 Å². The molecule has 0 unspecified atom stereocenters. The third-order valence-corrected chi connectivity index (χ3v) is 4.90. The van der Waals surface area contributed by atoms with Gasteiger partial charge in [0.2, 0.25) is 0 Å². The Labute approximate surface area is 182 Å². The Kier molecular flexibility index (Phi) is 8.17. The molecular weight excluding hydrogens is 390 g/mol. The molecule has 3 rings (SSSR count). The molecule has 0 aliphatic rings. The zero-order valence-electron chi connectivity index (χ0n) is 17.8. The summed E-state index contributed by atoms with van der Waals surface area (Å²) in [6.45, 7) is 5.22. The molecule has 31 heavy (non-hydrogen) atoms. The summed E-state index contributed by atoms with van der Waals surface area (Å²) < 4.78 is 11.6. The van der Waals surface area contributed by atoms with Gasteiger partial charge in [-0.3, -0.25) is 9.78 Å². The van der Waals surface area contributed by atoms with Crippen LogP contribution in [0.1, 0.15) is 47.7 Å². The molecular formula is C25H27N3O3. The first-order valence-electron chi connectivity index (χ1n) is 10.4. The van der Waals surface area contributed by atoms with E-state index in [2.05, 4.69) is 41.5 Å². The Balaban J connectivity index is 1.48. The van der Waals surface area contributed by atoms with Crippen molar-refractivity contribution in [1.82, 2.24) is 10.4 Å². The number of hydrogen-bond acceptors (Lipinski definition) is 5. The van der Waals surface area contributed by atoms with Gasteiger partial charge < -0.3 is 9.47 Å². The third kappa shape index (κ3) is 6.67. The molecule has 1 heterocycles. The van der Waals surface area contributed by atoms with Crippen LogP contribution < -0.4 is 14.9 Å². The highest BCUT2D eigenvalue weighted by molar-refractivity contribution is 5.94. The average molecular weight is 418 g/mol. The minimum atomic E-state index is -0.301. The Morgan fingerprint density at radius 1 is 1.03 bits per heavy atom. The number of benzene rings is 2. The minimum absolute atomic E-state index is 0.301. The third-order valence-electron chi connectivity index (χ3n) is 4.90. The molecule has 0 fully saturated rings. The van der Waals surface area contributed by atoms with Crippen molar-refractivity contribution < 1.29 is 14.3 Å². The Hall–Kier alpha value is -3.67. The zero-order valence-corrected chi connectivity index (χ0v) is 17.8. The van der Waals surface area contributed by atoms with E-state index in [9.17, 15) is 4.79 Å². The van der Waals surface area contributed by atoms with Crippen LogP contribution in [0.3, 0.4) is 0 Å². The molecule has 0 aliphatic heterocycles. The summed E-state index contributed by atoms with van der Waals surface area (Å²) in [5.41, 5.74) is 5.07. The highest BCUT2D eigenvalue weighted by Gasteiger charge is 2.05. The second kappa shape index (κ2) is 11.5. The van der Waals surface area contributed by atoms with E-state index in [1.165, 1.54) is 5.56 Å². The molecule has 6 nitrogen and oxygen atoms in total. The molecule has 2 aromatic carbocycles. The van der Waals surface area contributed by atoms with Gasteiger partial charge in [0.25, 0.3) is 5.91 Å². The van der Waals surface area contributed by atoms with Gasteiger partial charge in [-0.25, -0.2) is 5.43 Å². The molecule has 0 radical (unpaired) electrons. The van der Waals surface area contributed by atoms with Crippen molar-refractivity contribution in [3.63, 3.8) is 0 Å². The predicted octanol–water partition coefficient (Wildman–Crippen LogP) is 4.82. The van der Waals surface area contributed by atoms with E-state index >= 15 is 0 Å². The molecule has 160 valence electrons. The predicted molar refractivity (Wildman–Crippen MR) is 122 cm³/mol. The van der Waals surface area contributed by atoms with Crippen LogP contribution in [0.5, 0.6) is 11.5 Å². The molecule has 0 bridgehead atoms. The first-order valence-corrected chi connectivity index (χ1v) is 10.4. The topological polar surface area (TPSA) is 72.8 Å². The van der Waals surface area contributed by atoms with Crippen molar-refractivity contribution in [3.05, 3.63) is 89.7 Å². The van der Waals surface area contributed by atoms with E-state index in [0.717, 1.165) is 17.7 Å². The largest absolute Gasteiger partial charge is 0.490 e. The lowest BCUT2D eigenvalue weighted by Gasteiger charge is -2.12. The van der Waals surface area contributed by atoms with Crippen molar-refractivity contribution in [1.29, 1.82) is 0 Å². The molecule has 1 amide bonds. The highest BCUT2D eigenvalue weighted by atomic mass is 16.5. The van der Waals surface area contributed by atoms with E-state index < -0.39 is 0 Å². The number of carbonyl (C=O) groups is 1. The van der Waals surface area contributed by atoms with E-state index in [1.807, 2.05) is 36.4 Å². The molecule has 0 aliphatic carbocycles. The average Bonchev–Trinajstić information content (AvgIpc) is 2.83. The molecule has 0 saturated heterocycles. The monoisotopic (exact) mass is 417 g/mol. The number of hydrazone groups is 1. The number of carbonyl (C=O) groups excluding carboxylic acids is 1. The molecule has 3 aromatic rings. The van der Waals surface area contributed by atoms with Crippen molar-refractivity contribution in [2.24, 2.45) is 5.10 Å². The number of para-hydroxylation sites is 1. The molecule has 1 N–H and O–H groups in total. The number of aromatic nitrogens is 1. The van der Waals surface area contributed by atoms with Gasteiger partial charge >= 0.3 is 0 Å². The summed E-state index contributed by atoms with van der Waals surface area (Å²) in [6, 6.07) is 18.9. The van der Waals surface area contributed by atoms with E-state index in [0.29, 0.717) is 30.4 Å². The zero-order chi connectivity index (χ0) is 21.9. The van der Waals surface area contributed by atoms with Crippen LogP contribution in [0, 0.1) is 0 Å². The lowest BCUT2D eigenvalue weighted by atomic mass is 9.99. The summed E-state index contributed by atoms with van der Waals surface area (Å²) in [5, 5.41) is 4.03. The molecule has 1 atom stereocenters. The van der Waals surface area contributed by atoms with Gasteiger partial charge in [-0.05, 0) is 54.3 Å². The van der Waals surface area contributed by atoms with Gasteiger partial charge in [-0.2, -0.15) is 5.10 Å². The number of pyridine rings is 1. The van der Waals surface area contributed by atoms with Crippen LogP contribution in [0.2, 0.25) is 0 Å². The summed E-state index contributed by atoms with van der Waals surface area (Å²) in [6.07, 6.45) is 5.79. The maximum Gasteiger partial charge on any atom is 0.271 e. The van der Waals surface area contributed by atoms with Gasteiger partial charge in [0, 0.05) is 23.5 Å². The summed E-state index contributed by atoms with van der Waals surface area (Å²) >= 11 is 0. The number of rotatable bonds is 10. The van der Waals surface area contributed by atoms with Crippen LogP contribution in [0.4, 0.5) is 0 Å². The summed E-state index contributed by atoms with van der Waals surface area (Å²) in [4.78, 5) is 15.9. The minimum Gasteiger partial charge on any atom is -0.490 e. The first-order chi connectivity index (χ1) is 15.2. The Morgan fingerprint density at radius 3 is 2.48 bits per heavy atom. The smallest absolute Gasteiger partial charge is 0.271 e. The van der Waals surface area contributed by atoms with Crippen LogP contribution in [-0.2, 0) is 0 Å². The lowest BCUT2D eigenvalue weighted by molar-refractivity contribution is 0.0955.